The lowest BCUT2D eigenvalue weighted by molar-refractivity contribution is 0.0691. The van der Waals surface area contributed by atoms with Gasteiger partial charge in [0.1, 0.15) is 5.75 Å². The highest BCUT2D eigenvalue weighted by molar-refractivity contribution is 5.95. The summed E-state index contributed by atoms with van der Waals surface area (Å²) in [7, 11) is 1.62. The number of aromatic amines is 1. The third-order valence-electron chi connectivity index (χ3n) is 3.16. The average molecular weight is 260 g/mol. The summed E-state index contributed by atoms with van der Waals surface area (Å²) in [5.74, 6) is -0.244. The van der Waals surface area contributed by atoms with E-state index in [9.17, 15) is 9.90 Å². The number of nitrogens with one attached hydrogen (secondary N) is 1. The minimum absolute atomic E-state index is 0.0465. The Bertz CT molecular complexity index is 644. The van der Waals surface area contributed by atoms with Gasteiger partial charge in [-0.15, -0.1) is 0 Å². The summed E-state index contributed by atoms with van der Waals surface area (Å²) in [6.07, 6.45) is 0. The predicted molar refractivity (Wildman–Crippen MR) is 71.7 cm³/mol. The van der Waals surface area contributed by atoms with Crippen molar-refractivity contribution in [3.63, 3.8) is 0 Å². The van der Waals surface area contributed by atoms with Gasteiger partial charge >= 0.3 is 5.97 Å². The number of hydrogen-bond acceptors (Lipinski definition) is 3. The van der Waals surface area contributed by atoms with Gasteiger partial charge in [-0.05, 0) is 49.6 Å². The van der Waals surface area contributed by atoms with Gasteiger partial charge in [0.25, 0.3) is 0 Å². The standard InChI is InChI=1S/C14H16N2O3/c1-7-6-11(19-4)8(2)5-10(7)12-9(3)15-16-13(12)14(17)18/h5-6H,1-4H3,(H,15,16)(H,17,18). The van der Waals surface area contributed by atoms with Crippen molar-refractivity contribution in [1.82, 2.24) is 10.2 Å². The zero-order valence-electron chi connectivity index (χ0n) is 11.4. The van der Waals surface area contributed by atoms with Crippen molar-refractivity contribution in [2.24, 2.45) is 0 Å². The molecule has 0 saturated heterocycles. The van der Waals surface area contributed by atoms with E-state index in [0.717, 1.165) is 28.1 Å². The molecule has 100 valence electrons. The van der Waals surface area contributed by atoms with Crippen molar-refractivity contribution in [2.45, 2.75) is 20.8 Å². The Morgan fingerprint density at radius 3 is 2.53 bits per heavy atom. The molecule has 5 heteroatoms. The highest BCUT2D eigenvalue weighted by Crippen LogP contribution is 2.33. The van der Waals surface area contributed by atoms with Crippen LogP contribution in [0.3, 0.4) is 0 Å². The van der Waals surface area contributed by atoms with E-state index in [1.54, 1.807) is 7.11 Å². The number of benzene rings is 1. The zero-order chi connectivity index (χ0) is 14.2. The molecule has 1 heterocycles. The molecule has 1 aromatic heterocycles. The first-order valence-corrected chi connectivity index (χ1v) is 5.89. The van der Waals surface area contributed by atoms with Gasteiger partial charge in [-0.25, -0.2) is 4.79 Å². The molecule has 2 aromatic rings. The molecular weight excluding hydrogens is 244 g/mol. The second-order valence-corrected chi connectivity index (χ2v) is 4.51. The fraction of sp³-hybridized carbons (Fsp3) is 0.286. The van der Waals surface area contributed by atoms with Gasteiger partial charge in [-0.2, -0.15) is 5.10 Å². The van der Waals surface area contributed by atoms with Crippen molar-refractivity contribution >= 4 is 5.97 Å². The summed E-state index contributed by atoms with van der Waals surface area (Å²) >= 11 is 0. The van der Waals surface area contributed by atoms with Crippen LogP contribution >= 0.6 is 0 Å². The summed E-state index contributed by atoms with van der Waals surface area (Å²) in [6, 6.07) is 3.83. The van der Waals surface area contributed by atoms with Crippen molar-refractivity contribution in [3.05, 3.63) is 34.6 Å². The first-order valence-electron chi connectivity index (χ1n) is 5.89. The molecule has 2 rings (SSSR count). The number of nitrogens with zero attached hydrogens (tertiary/aromatic N) is 1. The molecule has 0 amide bonds. The number of carboxylic acids is 1. The van der Waals surface area contributed by atoms with Gasteiger partial charge in [0, 0.05) is 11.3 Å². The normalized spacial score (nSPS) is 10.5. The lowest BCUT2D eigenvalue weighted by Crippen LogP contribution is -2.00. The fourth-order valence-electron chi connectivity index (χ4n) is 2.19. The van der Waals surface area contributed by atoms with E-state index in [-0.39, 0.29) is 5.69 Å². The predicted octanol–water partition coefficient (Wildman–Crippen LogP) is 2.71. The molecule has 0 unspecified atom stereocenters. The first-order chi connectivity index (χ1) is 8.95. The van der Waals surface area contributed by atoms with E-state index in [1.165, 1.54) is 0 Å². The maximum Gasteiger partial charge on any atom is 0.357 e. The highest BCUT2D eigenvalue weighted by Gasteiger charge is 2.20. The van der Waals surface area contributed by atoms with Crippen LogP contribution in [-0.4, -0.2) is 28.4 Å². The Kier molecular flexibility index (Phi) is 3.29. The SMILES string of the molecule is COc1cc(C)c(-c2c(C(=O)O)n[nH]c2C)cc1C. The molecule has 0 bridgehead atoms. The Labute approximate surface area is 111 Å². The topological polar surface area (TPSA) is 75.2 Å². The number of carbonyl (C=O) groups is 1. The van der Waals surface area contributed by atoms with Crippen LogP contribution in [0.25, 0.3) is 11.1 Å². The van der Waals surface area contributed by atoms with Gasteiger partial charge in [0.05, 0.1) is 7.11 Å². The van der Waals surface area contributed by atoms with Gasteiger partial charge in [0.2, 0.25) is 0 Å². The van der Waals surface area contributed by atoms with Crippen LogP contribution in [0.1, 0.15) is 27.3 Å². The molecule has 0 atom stereocenters. The van der Waals surface area contributed by atoms with Crippen molar-refractivity contribution < 1.29 is 14.6 Å². The summed E-state index contributed by atoms with van der Waals surface area (Å²) in [4.78, 5) is 11.2. The second-order valence-electron chi connectivity index (χ2n) is 4.51. The molecule has 0 spiro atoms. The molecule has 0 radical (unpaired) electrons. The molecule has 1 aromatic carbocycles. The smallest absolute Gasteiger partial charge is 0.357 e. The molecule has 2 N–H and O–H groups in total. The summed E-state index contributed by atoms with van der Waals surface area (Å²) < 4.78 is 5.27. The van der Waals surface area contributed by atoms with Gasteiger partial charge in [-0.1, -0.05) is 0 Å². The average Bonchev–Trinajstić information content (AvgIpc) is 2.73. The van der Waals surface area contributed by atoms with Crippen molar-refractivity contribution in [3.8, 4) is 16.9 Å². The van der Waals surface area contributed by atoms with Crippen LogP contribution in [0, 0.1) is 20.8 Å². The molecule has 0 aliphatic carbocycles. The summed E-state index contributed by atoms with van der Waals surface area (Å²) in [5, 5.41) is 15.8. The maximum absolute atomic E-state index is 11.2. The van der Waals surface area contributed by atoms with Crippen molar-refractivity contribution in [2.75, 3.05) is 7.11 Å². The fourth-order valence-corrected chi connectivity index (χ4v) is 2.19. The van der Waals surface area contributed by atoms with Gasteiger partial charge < -0.3 is 9.84 Å². The number of aromatic carboxylic acids is 1. The van der Waals surface area contributed by atoms with E-state index < -0.39 is 5.97 Å². The summed E-state index contributed by atoms with van der Waals surface area (Å²) in [5.41, 5.74) is 4.20. The Morgan fingerprint density at radius 2 is 1.95 bits per heavy atom. The quantitative estimate of drug-likeness (QED) is 0.889. The molecule has 19 heavy (non-hydrogen) atoms. The Balaban J connectivity index is 2.69. The third kappa shape index (κ3) is 2.19. The van der Waals surface area contributed by atoms with E-state index in [4.69, 9.17) is 4.74 Å². The lowest BCUT2D eigenvalue weighted by atomic mass is 9.96. The van der Waals surface area contributed by atoms with E-state index in [0.29, 0.717) is 5.56 Å². The van der Waals surface area contributed by atoms with E-state index in [2.05, 4.69) is 10.2 Å². The molecule has 0 fully saturated rings. The largest absolute Gasteiger partial charge is 0.496 e. The monoisotopic (exact) mass is 260 g/mol. The molecule has 0 aliphatic rings. The number of carboxylic acid groups (broad SMARTS) is 1. The third-order valence-corrected chi connectivity index (χ3v) is 3.16. The van der Waals surface area contributed by atoms with E-state index >= 15 is 0 Å². The number of H-pyrrole nitrogens is 1. The number of aryl methyl sites for hydroxylation is 3. The maximum atomic E-state index is 11.2. The van der Waals surface area contributed by atoms with Gasteiger partial charge in [-0.3, -0.25) is 5.10 Å². The number of hydrogen-bond donors (Lipinski definition) is 2. The zero-order valence-corrected chi connectivity index (χ0v) is 11.4. The number of ether oxygens (including phenoxy) is 1. The minimum Gasteiger partial charge on any atom is -0.496 e. The molecular formula is C14H16N2O3. The minimum atomic E-state index is -1.03. The van der Waals surface area contributed by atoms with Crippen LogP contribution < -0.4 is 4.74 Å². The van der Waals surface area contributed by atoms with Crippen LogP contribution in [0.4, 0.5) is 0 Å². The van der Waals surface area contributed by atoms with Gasteiger partial charge in [0.15, 0.2) is 5.69 Å². The molecule has 0 saturated carbocycles. The van der Waals surface area contributed by atoms with Crippen LogP contribution in [0.5, 0.6) is 5.75 Å². The summed E-state index contributed by atoms with van der Waals surface area (Å²) in [6.45, 7) is 5.67. The number of rotatable bonds is 3. The molecule has 5 nitrogen and oxygen atoms in total. The molecule has 0 aliphatic heterocycles. The van der Waals surface area contributed by atoms with Crippen molar-refractivity contribution in [1.29, 1.82) is 0 Å². The van der Waals surface area contributed by atoms with Crippen LogP contribution in [-0.2, 0) is 0 Å². The van der Waals surface area contributed by atoms with Crippen LogP contribution in [0.2, 0.25) is 0 Å². The second kappa shape index (κ2) is 4.76. The van der Waals surface area contributed by atoms with Crippen LogP contribution in [0.15, 0.2) is 12.1 Å². The number of aromatic nitrogens is 2. The first kappa shape index (κ1) is 13.1. The lowest BCUT2D eigenvalue weighted by Gasteiger charge is -2.11. The number of methoxy groups -OCH3 is 1. The van der Waals surface area contributed by atoms with E-state index in [1.807, 2.05) is 32.9 Å². The Hall–Kier alpha value is -2.30. The highest BCUT2D eigenvalue weighted by atomic mass is 16.5. The Morgan fingerprint density at radius 1 is 1.26 bits per heavy atom.